The molecule has 0 N–H and O–H groups in total. The lowest BCUT2D eigenvalue weighted by molar-refractivity contribution is 0.0518. The number of hydrogen-bond acceptors (Lipinski definition) is 5. The van der Waals surface area contributed by atoms with Gasteiger partial charge in [-0.3, -0.25) is 0 Å². The molecule has 19 heavy (non-hydrogen) atoms. The molecule has 0 atom stereocenters. The Labute approximate surface area is 115 Å². The highest BCUT2D eigenvalue weighted by Gasteiger charge is 2.19. The van der Waals surface area contributed by atoms with Gasteiger partial charge in [0.1, 0.15) is 0 Å². The van der Waals surface area contributed by atoms with Gasteiger partial charge in [-0.15, -0.1) is 16.7 Å². The maximum atomic E-state index is 11.7. The summed E-state index contributed by atoms with van der Waals surface area (Å²) in [6.45, 7) is 3.27. The van der Waals surface area contributed by atoms with Crippen LogP contribution in [0.4, 0.5) is 0 Å². The van der Waals surface area contributed by atoms with Crippen molar-refractivity contribution in [2.75, 3.05) is 6.61 Å². The molecule has 7 nitrogen and oxygen atoms in total. The Balaban J connectivity index is 2.10. The minimum atomic E-state index is -0.493. The van der Waals surface area contributed by atoms with Gasteiger partial charge in [-0.05, 0) is 6.92 Å². The highest BCUT2D eigenvalue weighted by atomic mass is 35.5. The first-order chi connectivity index (χ1) is 9.26. The van der Waals surface area contributed by atoms with Gasteiger partial charge < -0.3 is 9.30 Å². The molecule has 8 heteroatoms. The van der Waals surface area contributed by atoms with Crippen LogP contribution in [0.15, 0.2) is 18.7 Å². The predicted octanol–water partition coefficient (Wildman–Crippen LogP) is 1.09. The van der Waals surface area contributed by atoms with Gasteiger partial charge in [0.2, 0.25) is 0 Å². The predicted molar refractivity (Wildman–Crippen MR) is 67.8 cm³/mol. The van der Waals surface area contributed by atoms with Crippen molar-refractivity contribution >= 4 is 17.6 Å². The fraction of sp³-hybridized carbons (Fsp3) is 0.455. The third kappa shape index (κ3) is 3.11. The molecule has 0 aliphatic rings. The molecular formula is C11H14ClN5O2. The van der Waals surface area contributed by atoms with Crippen LogP contribution in [-0.2, 0) is 23.7 Å². The molecule has 0 saturated heterocycles. The lowest BCUT2D eigenvalue weighted by Crippen LogP contribution is -2.12. The molecule has 2 aromatic heterocycles. The topological polar surface area (TPSA) is 74.8 Å². The van der Waals surface area contributed by atoms with Crippen LogP contribution < -0.4 is 0 Å². The number of halogens is 1. The Morgan fingerprint density at radius 1 is 1.47 bits per heavy atom. The molecule has 0 bridgehead atoms. The number of aromatic nitrogens is 5. The summed E-state index contributed by atoms with van der Waals surface area (Å²) in [6.07, 6.45) is 5.26. The molecule has 0 spiro atoms. The number of carbonyl (C=O) groups excluding carboxylic acids is 1. The van der Waals surface area contributed by atoms with Crippen molar-refractivity contribution in [1.29, 1.82) is 0 Å². The van der Waals surface area contributed by atoms with E-state index >= 15 is 0 Å². The minimum Gasteiger partial charge on any atom is -0.461 e. The second-order valence-corrected chi connectivity index (χ2v) is 4.03. The van der Waals surface area contributed by atoms with Crippen LogP contribution in [-0.4, -0.2) is 37.1 Å². The average Bonchev–Trinajstić information content (AvgIpc) is 3.05. The van der Waals surface area contributed by atoms with Gasteiger partial charge in [0, 0.05) is 18.9 Å². The number of alkyl halides is 1. The second-order valence-electron chi connectivity index (χ2n) is 3.76. The Morgan fingerprint density at radius 2 is 2.32 bits per heavy atom. The summed E-state index contributed by atoms with van der Waals surface area (Å²) in [5.41, 5.74) is 0.753. The number of carbonyl (C=O) groups is 1. The number of hydrogen-bond donors (Lipinski definition) is 0. The SMILES string of the molecule is CCOC(=O)c1nnn(CCn2ccnc2)c1CCl. The molecular weight excluding hydrogens is 270 g/mol. The first kappa shape index (κ1) is 13.5. The number of esters is 1. The zero-order valence-electron chi connectivity index (χ0n) is 10.5. The molecule has 0 unspecified atom stereocenters. The minimum absolute atomic E-state index is 0.158. The summed E-state index contributed by atoms with van der Waals surface area (Å²) in [5.74, 6) is -0.336. The molecule has 0 fully saturated rings. The van der Waals surface area contributed by atoms with E-state index in [0.717, 1.165) is 0 Å². The number of rotatable bonds is 6. The Morgan fingerprint density at radius 3 is 2.95 bits per heavy atom. The van der Waals surface area contributed by atoms with E-state index in [-0.39, 0.29) is 11.6 Å². The summed E-state index contributed by atoms with van der Waals surface area (Å²) in [5, 5.41) is 7.77. The molecule has 0 aliphatic carbocycles. The van der Waals surface area contributed by atoms with Crippen LogP contribution in [0.1, 0.15) is 23.1 Å². The van der Waals surface area contributed by atoms with Crippen LogP contribution in [0.25, 0.3) is 0 Å². The van der Waals surface area contributed by atoms with Gasteiger partial charge in [0.25, 0.3) is 0 Å². The maximum absolute atomic E-state index is 11.7. The van der Waals surface area contributed by atoms with E-state index in [9.17, 15) is 4.79 Å². The third-order valence-electron chi connectivity index (χ3n) is 2.56. The molecule has 0 aliphatic heterocycles. The summed E-state index contributed by atoms with van der Waals surface area (Å²) >= 11 is 5.86. The van der Waals surface area contributed by atoms with Crippen LogP contribution >= 0.6 is 11.6 Å². The third-order valence-corrected chi connectivity index (χ3v) is 2.82. The highest BCUT2D eigenvalue weighted by Crippen LogP contribution is 2.10. The largest absolute Gasteiger partial charge is 0.461 e. The lowest BCUT2D eigenvalue weighted by atomic mass is 10.3. The van der Waals surface area contributed by atoms with Crippen molar-refractivity contribution in [2.45, 2.75) is 25.9 Å². The molecule has 2 rings (SSSR count). The fourth-order valence-electron chi connectivity index (χ4n) is 1.63. The Kier molecular flexibility index (Phi) is 4.51. The Hall–Kier alpha value is -1.89. The maximum Gasteiger partial charge on any atom is 0.360 e. The summed E-state index contributed by atoms with van der Waals surface area (Å²) < 4.78 is 8.42. The fourth-order valence-corrected chi connectivity index (χ4v) is 1.90. The van der Waals surface area contributed by atoms with Gasteiger partial charge in [-0.2, -0.15) is 0 Å². The van der Waals surface area contributed by atoms with Crippen molar-refractivity contribution in [3.8, 4) is 0 Å². The van der Waals surface area contributed by atoms with E-state index in [2.05, 4.69) is 15.3 Å². The molecule has 0 aromatic carbocycles. The standard InChI is InChI=1S/C11H14ClN5O2/c1-2-19-11(18)10-9(7-12)17(15-14-10)6-5-16-4-3-13-8-16/h3-4,8H,2,5-7H2,1H3. The van der Waals surface area contributed by atoms with Gasteiger partial charge in [0.15, 0.2) is 5.69 Å². The molecule has 102 valence electrons. The van der Waals surface area contributed by atoms with Crippen molar-refractivity contribution in [1.82, 2.24) is 24.5 Å². The monoisotopic (exact) mass is 283 g/mol. The van der Waals surface area contributed by atoms with Gasteiger partial charge in [0.05, 0.1) is 31.1 Å². The number of nitrogens with zero attached hydrogens (tertiary/aromatic N) is 5. The Bertz CT molecular complexity index is 537. The highest BCUT2D eigenvalue weighted by molar-refractivity contribution is 6.17. The summed E-state index contributed by atoms with van der Waals surface area (Å²) in [7, 11) is 0. The first-order valence-electron chi connectivity index (χ1n) is 5.87. The van der Waals surface area contributed by atoms with Gasteiger partial charge >= 0.3 is 5.97 Å². The van der Waals surface area contributed by atoms with Crippen molar-refractivity contribution < 1.29 is 9.53 Å². The van der Waals surface area contributed by atoms with E-state index in [1.54, 1.807) is 24.1 Å². The van der Waals surface area contributed by atoms with Crippen molar-refractivity contribution in [3.63, 3.8) is 0 Å². The average molecular weight is 284 g/mol. The summed E-state index contributed by atoms with van der Waals surface area (Å²) in [4.78, 5) is 15.6. The number of aryl methyl sites for hydroxylation is 2. The lowest BCUT2D eigenvalue weighted by Gasteiger charge is -2.05. The van der Waals surface area contributed by atoms with E-state index in [4.69, 9.17) is 16.3 Å². The second kappa shape index (κ2) is 6.33. The first-order valence-corrected chi connectivity index (χ1v) is 6.41. The van der Waals surface area contributed by atoms with E-state index < -0.39 is 5.97 Å². The van der Waals surface area contributed by atoms with E-state index in [0.29, 0.717) is 25.4 Å². The van der Waals surface area contributed by atoms with Gasteiger partial charge in [-0.1, -0.05) is 5.21 Å². The van der Waals surface area contributed by atoms with Gasteiger partial charge in [-0.25, -0.2) is 14.5 Å². The van der Waals surface area contributed by atoms with E-state index in [1.807, 2.05) is 10.8 Å². The normalized spacial score (nSPS) is 10.6. The van der Waals surface area contributed by atoms with Crippen LogP contribution in [0.5, 0.6) is 0 Å². The van der Waals surface area contributed by atoms with Crippen molar-refractivity contribution in [2.24, 2.45) is 0 Å². The van der Waals surface area contributed by atoms with Crippen molar-refractivity contribution in [3.05, 3.63) is 30.1 Å². The zero-order valence-corrected chi connectivity index (χ0v) is 11.2. The summed E-state index contributed by atoms with van der Waals surface area (Å²) in [6, 6.07) is 0. The molecule has 0 saturated carbocycles. The van der Waals surface area contributed by atoms with Crippen LogP contribution in [0, 0.1) is 0 Å². The number of ether oxygens (including phenoxy) is 1. The number of imidazole rings is 1. The molecule has 2 heterocycles. The smallest absolute Gasteiger partial charge is 0.360 e. The van der Waals surface area contributed by atoms with Crippen LogP contribution in [0.3, 0.4) is 0 Å². The molecule has 0 radical (unpaired) electrons. The van der Waals surface area contributed by atoms with Crippen LogP contribution in [0.2, 0.25) is 0 Å². The molecule has 0 amide bonds. The molecule has 2 aromatic rings. The zero-order chi connectivity index (χ0) is 13.7. The quantitative estimate of drug-likeness (QED) is 0.586. The van der Waals surface area contributed by atoms with E-state index in [1.165, 1.54) is 0 Å².